The molecule has 3 rings (SSSR count). The first-order chi connectivity index (χ1) is 15.3. The van der Waals surface area contributed by atoms with Crippen LogP contribution in [-0.4, -0.2) is 78.0 Å². The number of amides is 1. The van der Waals surface area contributed by atoms with Crippen LogP contribution in [0.3, 0.4) is 0 Å². The van der Waals surface area contributed by atoms with Crippen LogP contribution in [0.5, 0.6) is 0 Å². The Morgan fingerprint density at radius 3 is 2.31 bits per heavy atom. The number of aromatic nitrogens is 3. The van der Waals surface area contributed by atoms with Crippen molar-refractivity contribution in [2.45, 2.75) is 25.8 Å². The molecule has 1 aromatic carbocycles. The Morgan fingerprint density at radius 1 is 1.12 bits per heavy atom. The Morgan fingerprint density at radius 2 is 1.75 bits per heavy atom. The van der Waals surface area contributed by atoms with Crippen LogP contribution in [0.15, 0.2) is 48.9 Å². The van der Waals surface area contributed by atoms with Gasteiger partial charge >= 0.3 is 0 Å². The second-order valence-electron chi connectivity index (χ2n) is 7.55. The van der Waals surface area contributed by atoms with E-state index in [1.165, 1.54) is 6.33 Å². The monoisotopic (exact) mass is 448 g/mol. The van der Waals surface area contributed by atoms with Crippen molar-refractivity contribution in [1.29, 1.82) is 0 Å². The normalized spacial score (nSPS) is 11.3. The van der Waals surface area contributed by atoms with Gasteiger partial charge in [-0.1, -0.05) is 31.2 Å². The van der Waals surface area contributed by atoms with E-state index in [1.54, 1.807) is 4.52 Å². The first-order valence-electron chi connectivity index (χ1n) is 10.3. The topological polar surface area (TPSA) is 79.8 Å². The Kier molecular flexibility index (Phi) is 12.0. The minimum absolute atomic E-state index is 0.351. The molecule has 0 radical (unpaired) electrons. The number of hydrogen-bond donors (Lipinski definition) is 1. The highest BCUT2D eigenvalue weighted by molar-refractivity contribution is 5.82. The lowest BCUT2D eigenvalue weighted by atomic mass is 10.0. The van der Waals surface area contributed by atoms with Gasteiger partial charge in [0.1, 0.15) is 6.33 Å². The molecule has 2 heterocycles. The van der Waals surface area contributed by atoms with Gasteiger partial charge in [0.25, 0.3) is 0 Å². The van der Waals surface area contributed by atoms with Crippen LogP contribution in [0, 0.1) is 0 Å². The Balaban J connectivity index is 0.000000769. The fourth-order valence-electron chi connectivity index (χ4n) is 2.90. The predicted molar refractivity (Wildman–Crippen MR) is 125 cm³/mol. The fourth-order valence-corrected chi connectivity index (χ4v) is 2.90. The maximum atomic E-state index is 13.0. The summed E-state index contributed by atoms with van der Waals surface area (Å²) in [5.41, 5.74) is 9.77. The zero-order valence-electron chi connectivity index (χ0n) is 19.5. The van der Waals surface area contributed by atoms with Gasteiger partial charge in [-0.3, -0.25) is 9.18 Å². The molecule has 1 atom stereocenters. The molecule has 7 nitrogen and oxygen atoms in total. The second-order valence-corrected chi connectivity index (χ2v) is 7.55. The number of halogens is 2. The van der Waals surface area contributed by atoms with Gasteiger partial charge in [-0.25, -0.2) is 13.9 Å². The molecule has 0 aliphatic heterocycles. The van der Waals surface area contributed by atoms with Crippen molar-refractivity contribution in [2.75, 3.05) is 41.7 Å². The van der Waals surface area contributed by atoms with Gasteiger partial charge in [0.15, 0.2) is 12.4 Å². The molecular weight excluding hydrogens is 414 g/mol. The summed E-state index contributed by atoms with van der Waals surface area (Å²) in [5.74, 6) is -0.351. The van der Waals surface area contributed by atoms with E-state index in [-0.39, 0.29) is 5.91 Å². The molecule has 0 spiro atoms. The average Bonchev–Trinajstić information content (AvgIpc) is 3.26. The van der Waals surface area contributed by atoms with Crippen LogP contribution in [0.1, 0.15) is 18.9 Å². The van der Waals surface area contributed by atoms with E-state index >= 15 is 0 Å². The van der Waals surface area contributed by atoms with Gasteiger partial charge in [-0.05, 0) is 62.8 Å². The number of pyridine rings is 1. The number of benzene rings is 1. The largest absolute Gasteiger partial charge is 0.320 e. The SMILES string of the molecule is CCCN(CF)C(=O)[C@@H](N)Cc1ccc(-c2ccn3ncnc3c2)cc1.CF.CN(C)C. The zero-order valence-corrected chi connectivity index (χ0v) is 19.5. The number of carbonyl (C=O) groups excluding carboxylic acids is 1. The lowest BCUT2D eigenvalue weighted by Crippen LogP contribution is -2.44. The third-order valence-electron chi connectivity index (χ3n) is 4.29. The molecule has 0 saturated carbocycles. The maximum absolute atomic E-state index is 13.0. The summed E-state index contributed by atoms with van der Waals surface area (Å²) in [6.45, 7) is 1.48. The molecule has 2 N–H and O–H groups in total. The van der Waals surface area contributed by atoms with Crippen LogP contribution in [0.4, 0.5) is 8.78 Å². The smallest absolute Gasteiger partial charge is 0.241 e. The van der Waals surface area contributed by atoms with E-state index in [0.717, 1.165) is 27.2 Å². The van der Waals surface area contributed by atoms with Crippen LogP contribution in [-0.2, 0) is 11.2 Å². The highest BCUT2D eigenvalue weighted by Crippen LogP contribution is 2.21. The molecule has 1 amide bonds. The third-order valence-corrected chi connectivity index (χ3v) is 4.29. The number of hydrogen-bond acceptors (Lipinski definition) is 5. The number of nitrogens with zero attached hydrogens (tertiary/aromatic N) is 5. The molecule has 0 aliphatic carbocycles. The Bertz CT molecular complexity index is 927. The molecule has 0 aliphatic rings. The average molecular weight is 449 g/mol. The number of alkyl halides is 2. The Labute approximate surface area is 188 Å². The van der Waals surface area contributed by atoms with Crippen LogP contribution in [0.2, 0.25) is 0 Å². The van der Waals surface area contributed by atoms with Crippen molar-refractivity contribution < 1.29 is 13.6 Å². The quantitative estimate of drug-likeness (QED) is 0.562. The summed E-state index contributed by atoms with van der Waals surface area (Å²) < 4.78 is 24.2. The summed E-state index contributed by atoms with van der Waals surface area (Å²) >= 11 is 0. The van der Waals surface area contributed by atoms with Gasteiger partial charge in [0.05, 0.1) is 13.2 Å². The molecule has 0 bridgehead atoms. The first kappa shape index (κ1) is 27.1. The van der Waals surface area contributed by atoms with Gasteiger partial charge in [0.2, 0.25) is 5.91 Å². The standard InChI is InChI=1S/C19H22FN5O.C3H9N.CH3F/c1-2-8-24(12-20)19(26)17(21)10-14-3-5-15(6-4-14)16-7-9-25-18(11-16)22-13-23-25;1-4(2)3;1-2/h3-7,9,11,13,17H,2,8,10,12,21H2,1H3;1-3H3;1H3/t17-;;/m0../s1. The van der Waals surface area contributed by atoms with E-state index in [9.17, 15) is 13.6 Å². The van der Waals surface area contributed by atoms with Crippen molar-refractivity contribution in [3.63, 3.8) is 0 Å². The minimum Gasteiger partial charge on any atom is -0.320 e. The van der Waals surface area contributed by atoms with Crippen molar-refractivity contribution in [3.05, 3.63) is 54.5 Å². The van der Waals surface area contributed by atoms with Gasteiger partial charge in [0, 0.05) is 12.7 Å². The summed E-state index contributed by atoms with van der Waals surface area (Å²) in [6.07, 6.45) is 4.45. The molecule has 3 aromatic rings. The molecule has 0 fully saturated rings. The van der Waals surface area contributed by atoms with Crippen molar-refractivity contribution in [1.82, 2.24) is 24.4 Å². The fraction of sp³-hybridized carbons (Fsp3) is 0.435. The highest BCUT2D eigenvalue weighted by Gasteiger charge is 2.20. The molecular formula is C23H34F2N6O. The molecule has 0 saturated heterocycles. The number of nitrogens with two attached hydrogens (primary N) is 1. The van der Waals surface area contributed by atoms with Gasteiger partial charge < -0.3 is 15.5 Å². The van der Waals surface area contributed by atoms with E-state index in [4.69, 9.17) is 5.73 Å². The van der Waals surface area contributed by atoms with Crippen molar-refractivity contribution in [2.24, 2.45) is 5.73 Å². The van der Waals surface area contributed by atoms with E-state index in [0.29, 0.717) is 26.6 Å². The van der Waals surface area contributed by atoms with E-state index in [2.05, 4.69) is 10.1 Å². The predicted octanol–water partition coefficient (Wildman–Crippen LogP) is 3.20. The second kappa shape index (κ2) is 14.2. The maximum Gasteiger partial charge on any atom is 0.241 e. The lowest BCUT2D eigenvalue weighted by molar-refractivity contribution is -0.134. The number of carbonyl (C=O) groups is 1. The van der Waals surface area contributed by atoms with E-state index < -0.39 is 12.8 Å². The van der Waals surface area contributed by atoms with E-state index in [1.807, 2.05) is 75.6 Å². The molecule has 9 heteroatoms. The molecule has 32 heavy (non-hydrogen) atoms. The number of rotatable bonds is 7. The minimum atomic E-state index is -0.801. The summed E-state index contributed by atoms with van der Waals surface area (Å²) in [5, 5.41) is 4.08. The molecule has 0 unspecified atom stereocenters. The summed E-state index contributed by atoms with van der Waals surface area (Å²) in [7, 11) is 6.50. The van der Waals surface area contributed by atoms with Crippen LogP contribution >= 0.6 is 0 Å². The summed E-state index contributed by atoms with van der Waals surface area (Å²) in [4.78, 5) is 19.5. The van der Waals surface area contributed by atoms with Crippen molar-refractivity contribution in [3.8, 4) is 11.1 Å². The third kappa shape index (κ3) is 8.32. The van der Waals surface area contributed by atoms with Crippen LogP contribution in [0.25, 0.3) is 16.8 Å². The van der Waals surface area contributed by atoms with Gasteiger partial charge in [-0.2, -0.15) is 5.10 Å². The first-order valence-corrected chi connectivity index (χ1v) is 10.3. The van der Waals surface area contributed by atoms with Crippen molar-refractivity contribution >= 4 is 11.6 Å². The number of fused-ring (bicyclic) bond motifs is 1. The summed E-state index contributed by atoms with van der Waals surface area (Å²) in [6, 6.07) is 11.0. The molecule has 2 aromatic heterocycles. The highest BCUT2D eigenvalue weighted by atomic mass is 19.1. The van der Waals surface area contributed by atoms with Gasteiger partial charge in [-0.15, -0.1) is 0 Å². The van der Waals surface area contributed by atoms with Crippen LogP contribution < -0.4 is 5.73 Å². The Hall–Kier alpha value is -2.91. The molecule has 176 valence electrons. The zero-order chi connectivity index (χ0) is 24.1. The lowest BCUT2D eigenvalue weighted by Gasteiger charge is -2.22.